The van der Waals surface area contributed by atoms with Crippen LogP contribution in [0.15, 0.2) is 30.3 Å². The van der Waals surface area contributed by atoms with Crippen LogP contribution in [0.25, 0.3) is 0 Å². The van der Waals surface area contributed by atoms with Gasteiger partial charge >= 0.3 is 6.09 Å². The molecule has 0 spiro atoms. The molecule has 0 bridgehead atoms. The Morgan fingerprint density at radius 3 is 2.32 bits per heavy atom. The van der Waals surface area contributed by atoms with Gasteiger partial charge in [0.15, 0.2) is 0 Å². The van der Waals surface area contributed by atoms with Crippen LogP contribution >= 0.6 is 0 Å². The first kappa shape index (κ1) is 19.3. The molecule has 1 aromatic carbocycles. The van der Waals surface area contributed by atoms with Crippen LogP contribution in [0.1, 0.15) is 45.6 Å². The van der Waals surface area contributed by atoms with E-state index in [-0.39, 0.29) is 12.0 Å². The van der Waals surface area contributed by atoms with E-state index in [0.29, 0.717) is 32.6 Å². The van der Waals surface area contributed by atoms with E-state index in [0.717, 1.165) is 19.3 Å². The first-order valence-electron chi connectivity index (χ1n) is 9.15. The second-order valence-electron chi connectivity index (χ2n) is 7.54. The highest BCUT2D eigenvalue weighted by atomic mass is 16.6. The van der Waals surface area contributed by atoms with E-state index in [1.54, 1.807) is 4.90 Å². The topological polar surface area (TPSA) is 49.9 Å². The zero-order valence-electron chi connectivity index (χ0n) is 15.7. The smallest absolute Gasteiger partial charge is 0.410 e. The molecule has 0 radical (unpaired) electrons. The van der Waals surface area contributed by atoms with Crippen LogP contribution in [0.5, 0.6) is 0 Å². The molecule has 1 aliphatic rings. The highest BCUT2D eigenvalue weighted by molar-refractivity contribution is 5.76. The molecule has 1 aromatic rings. The lowest BCUT2D eigenvalue weighted by Crippen LogP contribution is -2.40. The van der Waals surface area contributed by atoms with Crippen LogP contribution in [0.2, 0.25) is 0 Å². The monoisotopic (exact) mass is 346 g/mol. The molecule has 1 fully saturated rings. The third-order valence-electron chi connectivity index (χ3n) is 4.20. The maximum atomic E-state index is 12.4. The number of rotatable bonds is 4. The molecule has 1 saturated heterocycles. The summed E-state index contributed by atoms with van der Waals surface area (Å²) in [6, 6.07) is 10.2. The summed E-state index contributed by atoms with van der Waals surface area (Å²) >= 11 is 0. The summed E-state index contributed by atoms with van der Waals surface area (Å²) in [5.74, 6) is 0.182. The molecule has 0 aliphatic carbocycles. The number of carbonyl (C=O) groups excluding carboxylic acids is 2. The molecular weight excluding hydrogens is 316 g/mol. The normalized spacial score (nSPS) is 15.6. The molecular formula is C20H30N2O3. The van der Waals surface area contributed by atoms with Crippen molar-refractivity contribution in [2.75, 3.05) is 26.2 Å². The summed E-state index contributed by atoms with van der Waals surface area (Å²) in [5, 5.41) is 0. The lowest BCUT2D eigenvalue weighted by molar-refractivity contribution is -0.131. The number of benzene rings is 1. The van der Waals surface area contributed by atoms with E-state index in [1.807, 2.05) is 43.9 Å². The summed E-state index contributed by atoms with van der Waals surface area (Å²) < 4.78 is 5.43. The van der Waals surface area contributed by atoms with Crippen LogP contribution in [-0.4, -0.2) is 53.6 Å². The zero-order chi connectivity index (χ0) is 18.3. The maximum Gasteiger partial charge on any atom is 0.410 e. The second-order valence-corrected chi connectivity index (χ2v) is 7.54. The van der Waals surface area contributed by atoms with Crippen molar-refractivity contribution in [2.24, 2.45) is 0 Å². The Morgan fingerprint density at radius 1 is 1.00 bits per heavy atom. The van der Waals surface area contributed by atoms with E-state index in [2.05, 4.69) is 12.1 Å². The number of aryl methyl sites for hydroxylation is 1. The predicted molar refractivity (Wildman–Crippen MR) is 98.4 cm³/mol. The molecule has 0 aromatic heterocycles. The first-order valence-corrected chi connectivity index (χ1v) is 9.15. The molecule has 25 heavy (non-hydrogen) atoms. The Morgan fingerprint density at radius 2 is 1.64 bits per heavy atom. The number of amides is 2. The van der Waals surface area contributed by atoms with Crippen LogP contribution in [0.4, 0.5) is 4.79 Å². The summed E-state index contributed by atoms with van der Waals surface area (Å²) in [6.45, 7) is 8.08. The van der Waals surface area contributed by atoms with Crippen LogP contribution < -0.4 is 0 Å². The minimum Gasteiger partial charge on any atom is -0.444 e. The van der Waals surface area contributed by atoms with Gasteiger partial charge in [-0.15, -0.1) is 0 Å². The van der Waals surface area contributed by atoms with Gasteiger partial charge in [0.1, 0.15) is 5.60 Å². The van der Waals surface area contributed by atoms with Gasteiger partial charge in [-0.1, -0.05) is 30.3 Å². The molecule has 0 unspecified atom stereocenters. The van der Waals surface area contributed by atoms with Gasteiger partial charge < -0.3 is 14.5 Å². The molecule has 0 atom stereocenters. The van der Waals surface area contributed by atoms with Gasteiger partial charge in [0.2, 0.25) is 5.91 Å². The number of carbonyl (C=O) groups is 2. The Labute approximate surface area is 150 Å². The Balaban J connectivity index is 1.76. The van der Waals surface area contributed by atoms with Gasteiger partial charge in [0, 0.05) is 32.6 Å². The van der Waals surface area contributed by atoms with Gasteiger partial charge in [-0.25, -0.2) is 4.79 Å². The second kappa shape index (κ2) is 8.88. The third kappa shape index (κ3) is 6.77. The highest BCUT2D eigenvalue weighted by Gasteiger charge is 2.25. The molecule has 2 amide bonds. The minimum atomic E-state index is -0.490. The summed E-state index contributed by atoms with van der Waals surface area (Å²) in [6.07, 6.45) is 2.84. The highest BCUT2D eigenvalue weighted by Crippen LogP contribution is 2.13. The van der Waals surface area contributed by atoms with E-state index >= 15 is 0 Å². The van der Waals surface area contributed by atoms with Crippen molar-refractivity contribution in [3.05, 3.63) is 35.9 Å². The van der Waals surface area contributed by atoms with E-state index in [1.165, 1.54) is 5.56 Å². The van der Waals surface area contributed by atoms with E-state index in [9.17, 15) is 9.59 Å². The van der Waals surface area contributed by atoms with Gasteiger partial charge in [0.05, 0.1) is 0 Å². The average Bonchev–Trinajstić information content (AvgIpc) is 2.80. The maximum absolute atomic E-state index is 12.4. The van der Waals surface area contributed by atoms with Crippen LogP contribution in [0, 0.1) is 0 Å². The molecule has 0 N–H and O–H groups in total. The summed E-state index contributed by atoms with van der Waals surface area (Å²) in [4.78, 5) is 28.2. The lowest BCUT2D eigenvalue weighted by Gasteiger charge is -2.26. The van der Waals surface area contributed by atoms with Gasteiger partial charge in [-0.05, 0) is 45.6 Å². The van der Waals surface area contributed by atoms with Crippen molar-refractivity contribution in [3.8, 4) is 0 Å². The molecule has 1 heterocycles. The van der Waals surface area contributed by atoms with E-state index in [4.69, 9.17) is 4.74 Å². The minimum absolute atomic E-state index is 0.182. The first-order chi connectivity index (χ1) is 11.8. The van der Waals surface area contributed by atoms with Gasteiger partial charge in [-0.3, -0.25) is 4.79 Å². The number of hydrogen-bond acceptors (Lipinski definition) is 3. The fourth-order valence-corrected chi connectivity index (χ4v) is 2.92. The van der Waals surface area contributed by atoms with Crippen LogP contribution in [-0.2, 0) is 16.0 Å². The SMILES string of the molecule is CC(C)(C)OC(=O)N1CCCN(C(=O)CCCc2ccccc2)CC1. The number of nitrogens with zero attached hydrogens (tertiary/aromatic N) is 2. The van der Waals surface area contributed by atoms with E-state index < -0.39 is 5.60 Å². The third-order valence-corrected chi connectivity index (χ3v) is 4.20. The Kier molecular flexibility index (Phi) is 6.85. The average molecular weight is 346 g/mol. The van der Waals surface area contributed by atoms with Gasteiger partial charge in [0.25, 0.3) is 0 Å². The predicted octanol–water partition coefficient (Wildman–Crippen LogP) is 3.48. The zero-order valence-corrected chi connectivity index (χ0v) is 15.7. The molecule has 0 saturated carbocycles. The molecule has 1 aliphatic heterocycles. The van der Waals surface area contributed by atoms with Crippen molar-refractivity contribution in [1.29, 1.82) is 0 Å². The van der Waals surface area contributed by atoms with Crippen molar-refractivity contribution in [1.82, 2.24) is 9.80 Å². The number of hydrogen-bond donors (Lipinski definition) is 0. The van der Waals surface area contributed by atoms with Crippen molar-refractivity contribution < 1.29 is 14.3 Å². The fourth-order valence-electron chi connectivity index (χ4n) is 2.92. The lowest BCUT2D eigenvalue weighted by atomic mass is 10.1. The quantitative estimate of drug-likeness (QED) is 0.839. The van der Waals surface area contributed by atoms with Crippen LogP contribution in [0.3, 0.4) is 0 Å². The van der Waals surface area contributed by atoms with Crippen molar-refractivity contribution >= 4 is 12.0 Å². The van der Waals surface area contributed by atoms with Crippen molar-refractivity contribution in [2.45, 2.75) is 52.1 Å². The molecule has 5 heteroatoms. The Hall–Kier alpha value is -2.04. The van der Waals surface area contributed by atoms with Crippen molar-refractivity contribution in [3.63, 3.8) is 0 Å². The molecule has 2 rings (SSSR count). The summed E-state index contributed by atoms with van der Waals surface area (Å²) in [7, 11) is 0. The fraction of sp³-hybridized carbons (Fsp3) is 0.600. The molecule has 5 nitrogen and oxygen atoms in total. The number of ether oxygens (including phenoxy) is 1. The largest absolute Gasteiger partial charge is 0.444 e. The standard InChI is InChI=1S/C20H30N2O3/c1-20(2,3)25-19(24)22-14-8-13-21(15-16-22)18(23)12-7-11-17-9-5-4-6-10-17/h4-6,9-10H,7-8,11-16H2,1-3H3. The van der Waals surface area contributed by atoms with Gasteiger partial charge in [-0.2, -0.15) is 0 Å². The Bertz CT molecular complexity index is 566. The summed E-state index contributed by atoms with van der Waals surface area (Å²) in [5.41, 5.74) is 0.776. The molecule has 138 valence electrons.